The molecule has 2 rings (SSSR count). The van der Waals surface area contributed by atoms with E-state index >= 15 is 0 Å². The lowest BCUT2D eigenvalue weighted by molar-refractivity contribution is 0.111. The molecule has 1 aromatic carbocycles. The van der Waals surface area contributed by atoms with Crippen LogP contribution in [0.15, 0.2) is 18.2 Å². The minimum atomic E-state index is -0.0744. The third-order valence-corrected chi connectivity index (χ3v) is 4.08. The Morgan fingerprint density at radius 3 is 2.65 bits per heavy atom. The quantitative estimate of drug-likeness (QED) is 0.583. The predicted octanol–water partition coefficient (Wildman–Crippen LogP) is 2.84. The lowest BCUT2D eigenvalue weighted by atomic mass is 9.87. The zero-order valence-corrected chi connectivity index (χ0v) is 12.0. The number of aliphatic hydroxyl groups is 1. The van der Waals surface area contributed by atoms with E-state index in [2.05, 4.69) is 34.0 Å². The molecular formula is C13H19IN2O. The molecule has 0 spiro atoms. The van der Waals surface area contributed by atoms with Crippen molar-refractivity contribution in [3.8, 4) is 0 Å². The first kappa shape index (κ1) is 13.0. The standard InChI is InChI=1S/C13H19IN2O/c14-10-3-6-13(12(15)7-10)16-8-9-1-4-11(17)5-2-9/h3,6-7,9,11,16-17H,1-2,4-5,8,15H2. The number of anilines is 2. The predicted molar refractivity (Wildman–Crippen MR) is 80.0 cm³/mol. The van der Waals surface area contributed by atoms with Crippen molar-refractivity contribution in [2.45, 2.75) is 31.8 Å². The molecule has 0 amide bonds. The molecule has 0 bridgehead atoms. The second kappa shape index (κ2) is 5.91. The lowest BCUT2D eigenvalue weighted by Gasteiger charge is -2.26. The molecule has 1 aliphatic carbocycles. The van der Waals surface area contributed by atoms with E-state index in [1.807, 2.05) is 12.1 Å². The maximum absolute atomic E-state index is 9.45. The van der Waals surface area contributed by atoms with Crippen LogP contribution in [0.3, 0.4) is 0 Å². The zero-order chi connectivity index (χ0) is 12.3. The molecule has 0 unspecified atom stereocenters. The van der Waals surface area contributed by atoms with Gasteiger partial charge >= 0.3 is 0 Å². The Bertz CT molecular complexity index is 376. The van der Waals surface area contributed by atoms with Crippen LogP contribution in [0.4, 0.5) is 11.4 Å². The molecule has 3 nitrogen and oxygen atoms in total. The first-order valence-electron chi connectivity index (χ1n) is 6.12. The molecular weight excluding hydrogens is 327 g/mol. The molecule has 0 radical (unpaired) electrons. The Balaban J connectivity index is 1.85. The highest BCUT2D eigenvalue weighted by Gasteiger charge is 2.19. The summed E-state index contributed by atoms with van der Waals surface area (Å²) in [5.41, 5.74) is 7.79. The van der Waals surface area contributed by atoms with Crippen molar-refractivity contribution < 1.29 is 5.11 Å². The van der Waals surface area contributed by atoms with Crippen LogP contribution in [-0.4, -0.2) is 17.8 Å². The topological polar surface area (TPSA) is 58.3 Å². The molecule has 1 aliphatic rings. The van der Waals surface area contributed by atoms with Gasteiger partial charge in [0.25, 0.3) is 0 Å². The molecule has 17 heavy (non-hydrogen) atoms. The van der Waals surface area contributed by atoms with Crippen LogP contribution < -0.4 is 11.1 Å². The van der Waals surface area contributed by atoms with Gasteiger partial charge in [-0.25, -0.2) is 0 Å². The van der Waals surface area contributed by atoms with Gasteiger partial charge in [0.05, 0.1) is 17.5 Å². The second-order valence-corrected chi connectivity index (χ2v) is 6.03. The van der Waals surface area contributed by atoms with Crippen molar-refractivity contribution in [1.29, 1.82) is 0 Å². The smallest absolute Gasteiger partial charge is 0.0574 e. The third-order valence-electron chi connectivity index (χ3n) is 3.41. The number of halogens is 1. The fraction of sp³-hybridized carbons (Fsp3) is 0.538. The minimum Gasteiger partial charge on any atom is -0.397 e. The SMILES string of the molecule is Nc1cc(I)ccc1NCC1CCC(O)CC1. The van der Waals surface area contributed by atoms with Gasteiger partial charge in [0, 0.05) is 10.1 Å². The van der Waals surface area contributed by atoms with Crippen molar-refractivity contribution in [3.63, 3.8) is 0 Å². The van der Waals surface area contributed by atoms with E-state index < -0.39 is 0 Å². The normalized spacial score (nSPS) is 24.6. The fourth-order valence-corrected chi connectivity index (χ4v) is 2.81. The second-order valence-electron chi connectivity index (χ2n) is 4.79. The minimum absolute atomic E-state index is 0.0744. The average molecular weight is 346 g/mol. The van der Waals surface area contributed by atoms with Crippen LogP contribution in [0, 0.1) is 9.49 Å². The maximum atomic E-state index is 9.45. The van der Waals surface area contributed by atoms with Crippen molar-refractivity contribution in [2.75, 3.05) is 17.6 Å². The summed E-state index contributed by atoms with van der Waals surface area (Å²) in [6.07, 6.45) is 4.02. The Hall–Kier alpha value is -0.490. The number of hydrogen-bond acceptors (Lipinski definition) is 3. The maximum Gasteiger partial charge on any atom is 0.0574 e. The van der Waals surface area contributed by atoms with Gasteiger partial charge in [-0.15, -0.1) is 0 Å². The van der Waals surface area contributed by atoms with Crippen LogP contribution in [0.1, 0.15) is 25.7 Å². The summed E-state index contributed by atoms with van der Waals surface area (Å²) in [4.78, 5) is 0. The van der Waals surface area contributed by atoms with Crippen LogP contribution in [0.25, 0.3) is 0 Å². The lowest BCUT2D eigenvalue weighted by Crippen LogP contribution is -2.23. The van der Waals surface area contributed by atoms with Crippen molar-refractivity contribution >= 4 is 34.0 Å². The van der Waals surface area contributed by atoms with E-state index in [-0.39, 0.29) is 6.10 Å². The monoisotopic (exact) mass is 346 g/mol. The van der Waals surface area contributed by atoms with E-state index in [0.717, 1.165) is 47.2 Å². The van der Waals surface area contributed by atoms with Gasteiger partial charge in [0.15, 0.2) is 0 Å². The largest absolute Gasteiger partial charge is 0.397 e. The van der Waals surface area contributed by atoms with Crippen molar-refractivity contribution in [1.82, 2.24) is 0 Å². The summed E-state index contributed by atoms with van der Waals surface area (Å²) in [6.45, 7) is 0.956. The van der Waals surface area contributed by atoms with Gasteiger partial charge < -0.3 is 16.2 Å². The summed E-state index contributed by atoms with van der Waals surface area (Å²) in [7, 11) is 0. The highest BCUT2D eigenvalue weighted by molar-refractivity contribution is 14.1. The van der Waals surface area contributed by atoms with E-state index in [4.69, 9.17) is 5.73 Å². The molecule has 4 N–H and O–H groups in total. The molecule has 1 fully saturated rings. The molecule has 0 aliphatic heterocycles. The molecule has 1 aromatic rings. The molecule has 0 saturated heterocycles. The summed E-state index contributed by atoms with van der Waals surface area (Å²) < 4.78 is 1.16. The third kappa shape index (κ3) is 3.74. The van der Waals surface area contributed by atoms with Gasteiger partial charge in [-0.2, -0.15) is 0 Å². The highest BCUT2D eigenvalue weighted by Crippen LogP contribution is 2.26. The number of rotatable bonds is 3. The van der Waals surface area contributed by atoms with Gasteiger partial charge in [0.1, 0.15) is 0 Å². The molecule has 1 saturated carbocycles. The first-order valence-corrected chi connectivity index (χ1v) is 7.20. The van der Waals surface area contributed by atoms with Crippen LogP contribution in [-0.2, 0) is 0 Å². The molecule has 0 atom stereocenters. The molecule has 94 valence electrons. The van der Waals surface area contributed by atoms with Crippen LogP contribution >= 0.6 is 22.6 Å². The first-order chi connectivity index (χ1) is 8.15. The van der Waals surface area contributed by atoms with E-state index in [0.29, 0.717) is 5.92 Å². The van der Waals surface area contributed by atoms with E-state index in [1.165, 1.54) is 0 Å². The van der Waals surface area contributed by atoms with Gasteiger partial charge in [-0.1, -0.05) is 0 Å². The number of nitrogens with two attached hydrogens (primary N) is 1. The van der Waals surface area contributed by atoms with Gasteiger partial charge in [0.2, 0.25) is 0 Å². The number of benzene rings is 1. The molecule has 4 heteroatoms. The fourth-order valence-electron chi connectivity index (χ4n) is 2.30. The van der Waals surface area contributed by atoms with Gasteiger partial charge in [-0.3, -0.25) is 0 Å². The van der Waals surface area contributed by atoms with Gasteiger partial charge in [-0.05, 0) is 72.4 Å². The number of aliphatic hydroxyl groups excluding tert-OH is 1. The Kier molecular flexibility index (Phi) is 4.50. The summed E-state index contributed by atoms with van der Waals surface area (Å²) in [6, 6.07) is 6.08. The number of nitrogens with one attached hydrogen (secondary N) is 1. The van der Waals surface area contributed by atoms with Crippen molar-refractivity contribution in [3.05, 3.63) is 21.8 Å². The summed E-state index contributed by atoms with van der Waals surface area (Å²) in [5, 5.41) is 12.9. The van der Waals surface area contributed by atoms with E-state index in [1.54, 1.807) is 0 Å². The van der Waals surface area contributed by atoms with Crippen molar-refractivity contribution in [2.24, 2.45) is 5.92 Å². The Labute approximate surface area is 116 Å². The number of nitrogen functional groups attached to an aromatic ring is 1. The molecule has 0 aromatic heterocycles. The Morgan fingerprint density at radius 2 is 2.00 bits per heavy atom. The number of hydrogen-bond donors (Lipinski definition) is 3. The van der Waals surface area contributed by atoms with E-state index in [9.17, 15) is 5.11 Å². The van der Waals surface area contributed by atoms with Crippen LogP contribution in [0.2, 0.25) is 0 Å². The summed E-state index contributed by atoms with van der Waals surface area (Å²) >= 11 is 2.26. The Morgan fingerprint density at radius 1 is 1.29 bits per heavy atom. The average Bonchev–Trinajstić information content (AvgIpc) is 2.30. The molecule has 0 heterocycles. The summed E-state index contributed by atoms with van der Waals surface area (Å²) in [5.74, 6) is 0.664. The zero-order valence-electron chi connectivity index (χ0n) is 9.82. The highest BCUT2D eigenvalue weighted by atomic mass is 127. The van der Waals surface area contributed by atoms with Crippen LogP contribution in [0.5, 0.6) is 0 Å².